The average Bonchev–Trinajstić information content (AvgIpc) is 2.30. The van der Waals surface area contributed by atoms with Crippen molar-refractivity contribution in [2.24, 2.45) is 0 Å². The molecule has 5 heteroatoms. The first-order valence-corrected chi connectivity index (χ1v) is 4.98. The van der Waals surface area contributed by atoms with Gasteiger partial charge in [-0.2, -0.15) is 0 Å². The molecular formula is C11H8ClN3O. The van der Waals surface area contributed by atoms with E-state index in [0.717, 1.165) is 0 Å². The maximum Gasteiger partial charge on any atom is 0.233 e. The summed E-state index contributed by atoms with van der Waals surface area (Å²) >= 11 is 5.86. The molecule has 16 heavy (non-hydrogen) atoms. The fraction of sp³-hybridized carbons (Fsp3) is 0.182. The number of aromatic nitrogens is 3. The summed E-state index contributed by atoms with van der Waals surface area (Å²) in [7, 11) is 0. The number of halogens is 1. The second-order valence-electron chi connectivity index (χ2n) is 2.89. The third-order valence-corrected chi connectivity index (χ3v) is 2.14. The number of fused-ring (bicyclic) bond motifs is 1. The number of hydrogen-bond donors (Lipinski definition) is 0. The minimum Gasteiger partial charge on any atom is -0.463 e. The number of rotatable bonds is 2. The summed E-state index contributed by atoms with van der Waals surface area (Å²) in [6, 6.07) is 1.73. The lowest BCUT2D eigenvalue weighted by atomic mass is 10.4. The lowest BCUT2D eigenvalue weighted by Crippen LogP contribution is -1.97. The predicted octanol–water partition coefficient (Wildman–Crippen LogP) is 2.08. The standard InChI is InChI=1S/C11H8ClN3O/c1-2-3-6-16-9-7-14-10-8(15-9)4-5-13-11(10)12/h4-5,7H,6H2,1H3. The Morgan fingerprint density at radius 1 is 1.44 bits per heavy atom. The average molecular weight is 234 g/mol. The van der Waals surface area contributed by atoms with Crippen LogP contribution in [0.1, 0.15) is 6.92 Å². The Labute approximate surface area is 97.6 Å². The van der Waals surface area contributed by atoms with Gasteiger partial charge in [-0.25, -0.2) is 15.0 Å². The highest BCUT2D eigenvalue weighted by atomic mass is 35.5. The Bertz CT molecular complexity index is 574. The zero-order valence-corrected chi connectivity index (χ0v) is 9.32. The molecule has 0 radical (unpaired) electrons. The van der Waals surface area contributed by atoms with E-state index in [2.05, 4.69) is 26.8 Å². The first kappa shape index (κ1) is 10.7. The van der Waals surface area contributed by atoms with E-state index in [-0.39, 0.29) is 0 Å². The van der Waals surface area contributed by atoms with Crippen molar-refractivity contribution in [3.8, 4) is 17.7 Å². The molecule has 2 heterocycles. The molecule has 0 fully saturated rings. The Balaban J connectivity index is 2.32. The van der Waals surface area contributed by atoms with Gasteiger partial charge in [-0.05, 0) is 13.0 Å². The van der Waals surface area contributed by atoms with Crippen LogP contribution in [0.3, 0.4) is 0 Å². The molecule has 0 saturated heterocycles. The van der Waals surface area contributed by atoms with Gasteiger partial charge < -0.3 is 4.74 Å². The van der Waals surface area contributed by atoms with Crippen LogP contribution in [0.15, 0.2) is 18.5 Å². The molecule has 80 valence electrons. The van der Waals surface area contributed by atoms with Crippen molar-refractivity contribution in [3.05, 3.63) is 23.6 Å². The summed E-state index contributed by atoms with van der Waals surface area (Å²) in [5, 5.41) is 0.338. The van der Waals surface area contributed by atoms with Crippen LogP contribution in [0.25, 0.3) is 11.0 Å². The van der Waals surface area contributed by atoms with Crippen molar-refractivity contribution in [1.82, 2.24) is 15.0 Å². The fourth-order valence-corrected chi connectivity index (χ4v) is 1.35. The largest absolute Gasteiger partial charge is 0.463 e. The van der Waals surface area contributed by atoms with Gasteiger partial charge in [0.15, 0.2) is 11.8 Å². The molecule has 0 spiro atoms. The quantitative estimate of drug-likeness (QED) is 0.589. The van der Waals surface area contributed by atoms with Crippen molar-refractivity contribution >= 4 is 22.6 Å². The smallest absolute Gasteiger partial charge is 0.233 e. The van der Waals surface area contributed by atoms with Gasteiger partial charge in [-0.15, -0.1) is 5.92 Å². The summed E-state index contributed by atoms with van der Waals surface area (Å²) in [6.07, 6.45) is 3.09. The summed E-state index contributed by atoms with van der Waals surface area (Å²) < 4.78 is 5.28. The molecule has 0 saturated carbocycles. The van der Waals surface area contributed by atoms with E-state index in [9.17, 15) is 0 Å². The second kappa shape index (κ2) is 4.77. The lowest BCUT2D eigenvalue weighted by molar-refractivity contribution is 0.355. The Hall–Kier alpha value is -1.86. The monoisotopic (exact) mass is 233 g/mol. The minimum atomic E-state index is 0.301. The Morgan fingerprint density at radius 3 is 3.12 bits per heavy atom. The highest BCUT2D eigenvalue weighted by Gasteiger charge is 2.04. The third kappa shape index (κ3) is 2.20. The summed E-state index contributed by atoms with van der Waals surface area (Å²) in [4.78, 5) is 12.3. The molecule has 0 aliphatic rings. The van der Waals surface area contributed by atoms with Crippen LogP contribution < -0.4 is 4.74 Å². The molecule has 2 rings (SSSR count). The summed E-state index contributed by atoms with van der Waals surface area (Å²) in [5.74, 6) is 5.94. The van der Waals surface area contributed by atoms with E-state index in [0.29, 0.717) is 28.7 Å². The highest BCUT2D eigenvalue weighted by Crippen LogP contribution is 2.18. The number of nitrogens with zero attached hydrogens (tertiary/aromatic N) is 3. The van der Waals surface area contributed by atoms with Gasteiger partial charge in [0, 0.05) is 6.20 Å². The molecule has 0 amide bonds. The third-order valence-electron chi connectivity index (χ3n) is 1.86. The van der Waals surface area contributed by atoms with Crippen molar-refractivity contribution < 1.29 is 4.74 Å². The van der Waals surface area contributed by atoms with E-state index in [1.165, 1.54) is 6.20 Å². The SMILES string of the molecule is CC#CCOc1cnc2c(Cl)nccc2n1. The van der Waals surface area contributed by atoms with Gasteiger partial charge in [0.1, 0.15) is 5.52 Å². The summed E-state index contributed by atoms with van der Waals surface area (Å²) in [6.45, 7) is 2.05. The molecular weight excluding hydrogens is 226 g/mol. The normalized spacial score (nSPS) is 9.62. The minimum absolute atomic E-state index is 0.301. The molecule has 0 aliphatic carbocycles. The number of hydrogen-bond acceptors (Lipinski definition) is 4. The zero-order chi connectivity index (χ0) is 11.4. The Morgan fingerprint density at radius 2 is 2.31 bits per heavy atom. The molecule has 2 aromatic heterocycles. The van der Waals surface area contributed by atoms with Crippen molar-refractivity contribution in [3.63, 3.8) is 0 Å². The predicted molar refractivity (Wildman–Crippen MR) is 61.3 cm³/mol. The molecule has 4 nitrogen and oxygen atoms in total. The molecule has 0 atom stereocenters. The maximum absolute atomic E-state index is 5.86. The van der Waals surface area contributed by atoms with Crippen molar-refractivity contribution in [2.75, 3.05) is 6.61 Å². The van der Waals surface area contributed by atoms with Crippen LogP contribution >= 0.6 is 11.6 Å². The van der Waals surface area contributed by atoms with E-state index in [1.54, 1.807) is 19.2 Å². The molecule has 0 bridgehead atoms. The van der Waals surface area contributed by atoms with E-state index >= 15 is 0 Å². The van der Waals surface area contributed by atoms with Gasteiger partial charge in [0.2, 0.25) is 5.88 Å². The molecule has 2 aromatic rings. The lowest BCUT2D eigenvalue weighted by Gasteiger charge is -2.02. The van der Waals surface area contributed by atoms with Crippen LogP contribution in [0.5, 0.6) is 5.88 Å². The van der Waals surface area contributed by atoms with Crippen LogP contribution in [0.2, 0.25) is 5.15 Å². The van der Waals surface area contributed by atoms with E-state index < -0.39 is 0 Å². The van der Waals surface area contributed by atoms with E-state index in [1.807, 2.05) is 0 Å². The molecule has 0 unspecified atom stereocenters. The van der Waals surface area contributed by atoms with Crippen LogP contribution in [-0.2, 0) is 0 Å². The molecule has 0 aromatic carbocycles. The van der Waals surface area contributed by atoms with Crippen molar-refractivity contribution in [2.45, 2.75) is 6.92 Å². The topological polar surface area (TPSA) is 47.9 Å². The van der Waals surface area contributed by atoms with Gasteiger partial charge in [0.05, 0.1) is 11.7 Å². The van der Waals surface area contributed by atoms with Crippen molar-refractivity contribution in [1.29, 1.82) is 0 Å². The summed E-state index contributed by atoms with van der Waals surface area (Å²) in [5.41, 5.74) is 1.22. The van der Waals surface area contributed by atoms with Crippen LogP contribution in [0, 0.1) is 11.8 Å². The van der Waals surface area contributed by atoms with Gasteiger partial charge in [-0.1, -0.05) is 17.5 Å². The molecule has 0 aliphatic heterocycles. The Kier molecular flexibility index (Phi) is 3.18. The first-order chi connectivity index (χ1) is 7.81. The van der Waals surface area contributed by atoms with E-state index in [4.69, 9.17) is 16.3 Å². The first-order valence-electron chi connectivity index (χ1n) is 4.61. The number of pyridine rings is 1. The van der Waals surface area contributed by atoms with Crippen LogP contribution in [0.4, 0.5) is 0 Å². The van der Waals surface area contributed by atoms with Gasteiger partial charge in [0.25, 0.3) is 0 Å². The van der Waals surface area contributed by atoms with Gasteiger partial charge in [-0.3, -0.25) is 0 Å². The molecule has 0 N–H and O–H groups in total. The maximum atomic E-state index is 5.86. The second-order valence-corrected chi connectivity index (χ2v) is 3.25. The van der Waals surface area contributed by atoms with Gasteiger partial charge >= 0.3 is 0 Å². The zero-order valence-electron chi connectivity index (χ0n) is 8.57. The van der Waals surface area contributed by atoms with Crippen LogP contribution in [-0.4, -0.2) is 21.6 Å². The highest BCUT2D eigenvalue weighted by molar-refractivity contribution is 6.33. The fourth-order valence-electron chi connectivity index (χ4n) is 1.15. The number of ether oxygens (including phenoxy) is 1.